The van der Waals surface area contributed by atoms with Crippen LogP contribution in [0.1, 0.15) is 23.8 Å². The van der Waals surface area contributed by atoms with Crippen molar-refractivity contribution in [3.63, 3.8) is 0 Å². The third-order valence-electron chi connectivity index (χ3n) is 3.46. The summed E-state index contributed by atoms with van der Waals surface area (Å²) in [7, 11) is 2.99. The predicted octanol–water partition coefficient (Wildman–Crippen LogP) is 3.30. The summed E-state index contributed by atoms with van der Waals surface area (Å²) in [5.74, 6) is 1.28. The molecule has 2 N–H and O–H groups in total. The van der Waals surface area contributed by atoms with E-state index in [1.165, 1.54) is 30.5 Å². The lowest BCUT2D eigenvalue weighted by atomic mass is 10.2. The van der Waals surface area contributed by atoms with E-state index in [1.54, 1.807) is 12.1 Å². The minimum atomic E-state index is -0.692. The summed E-state index contributed by atoms with van der Waals surface area (Å²) in [5, 5.41) is 9.86. The topological polar surface area (TPSA) is 90.6 Å². The molecule has 1 saturated carbocycles. The number of carbonyl (C=O) groups excluding carboxylic acids is 1. The Kier molecular flexibility index (Phi) is 4.27. The number of carbonyl (C=O) groups is 1. The summed E-state index contributed by atoms with van der Waals surface area (Å²) >= 11 is 7.51. The van der Waals surface area contributed by atoms with E-state index < -0.39 is 6.03 Å². The summed E-state index contributed by atoms with van der Waals surface area (Å²) < 4.78 is 10.5. The van der Waals surface area contributed by atoms with Crippen molar-refractivity contribution in [3.8, 4) is 11.5 Å². The van der Waals surface area contributed by atoms with Gasteiger partial charge >= 0.3 is 6.03 Å². The molecule has 1 aliphatic carbocycles. The number of primary amides is 1. The van der Waals surface area contributed by atoms with E-state index in [4.69, 9.17) is 26.8 Å². The Hall–Kier alpha value is -2.06. The van der Waals surface area contributed by atoms with Crippen LogP contribution in [0.3, 0.4) is 0 Å². The maximum absolute atomic E-state index is 12.0. The molecule has 0 aliphatic heterocycles. The van der Waals surface area contributed by atoms with E-state index in [-0.39, 0.29) is 0 Å². The van der Waals surface area contributed by atoms with E-state index in [9.17, 15) is 4.79 Å². The molecule has 0 radical (unpaired) electrons. The van der Waals surface area contributed by atoms with Crippen LogP contribution in [0.15, 0.2) is 12.1 Å². The van der Waals surface area contributed by atoms with Crippen LogP contribution in [-0.2, 0) is 0 Å². The van der Waals surface area contributed by atoms with Crippen LogP contribution in [0.5, 0.6) is 11.5 Å². The van der Waals surface area contributed by atoms with Gasteiger partial charge in [-0.1, -0.05) is 22.9 Å². The second kappa shape index (κ2) is 6.21. The number of anilines is 2. The Bertz CT molecular complexity index is 748. The second-order valence-electron chi connectivity index (χ2n) is 5.03. The van der Waals surface area contributed by atoms with Crippen LogP contribution in [0, 0.1) is 0 Å². The summed E-state index contributed by atoms with van der Waals surface area (Å²) in [5.41, 5.74) is 5.93. The van der Waals surface area contributed by atoms with Crippen molar-refractivity contribution in [1.82, 2.24) is 10.2 Å². The Labute approximate surface area is 142 Å². The SMILES string of the molecule is COc1cc(OC)c(N(C(N)=O)c2nnc(C3CC3)s2)cc1Cl. The van der Waals surface area contributed by atoms with Gasteiger partial charge in [0, 0.05) is 12.0 Å². The van der Waals surface area contributed by atoms with Crippen molar-refractivity contribution in [2.24, 2.45) is 5.73 Å². The molecular weight excluding hydrogens is 340 g/mol. The number of halogens is 1. The first-order valence-electron chi connectivity index (χ1n) is 6.89. The average molecular weight is 355 g/mol. The first-order chi connectivity index (χ1) is 11.0. The van der Waals surface area contributed by atoms with Crippen LogP contribution in [0.25, 0.3) is 0 Å². The maximum Gasteiger partial charge on any atom is 0.325 e. The zero-order chi connectivity index (χ0) is 16.6. The number of hydrogen-bond acceptors (Lipinski definition) is 6. The average Bonchev–Trinajstić information content (AvgIpc) is 3.27. The zero-order valence-electron chi connectivity index (χ0n) is 12.6. The minimum Gasteiger partial charge on any atom is -0.495 e. The van der Waals surface area contributed by atoms with Gasteiger partial charge in [0.2, 0.25) is 5.13 Å². The van der Waals surface area contributed by atoms with Gasteiger partial charge in [-0.2, -0.15) is 0 Å². The third kappa shape index (κ3) is 3.04. The fourth-order valence-corrected chi connectivity index (χ4v) is 3.41. The standard InChI is InChI=1S/C14H15ClN4O3S/c1-21-10-6-11(22-2)9(5-8(10)15)19(13(16)20)14-18-17-12(23-14)7-3-4-7/h5-7H,3-4H2,1-2H3,(H2,16,20). The molecule has 9 heteroatoms. The molecule has 122 valence electrons. The fourth-order valence-electron chi connectivity index (χ4n) is 2.15. The highest BCUT2D eigenvalue weighted by molar-refractivity contribution is 7.15. The monoisotopic (exact) mass is 354 g/mol. The molecule has 23 heavy (non-hydrogen) atoms. The van der Waals surface area contributed by atoms with E-state index in [1.807, 2.05) is 0 Å². The third-order valence-corrected chi connectivity index (χ3v) is 4.83. The number of ether oxygens (including phenoxy) is 2. The number of amides is 2. The molecule has 7 nitrogen and oxygen atoms in total. The molecule has 0 bridgehead atoms. The van der Waals surface area contributed by atoms with E-state index in [2.05, 4.69) is 10.2 Å². The quantitative estimate of drug-likeness (QED) is 0.889. The van der Waals surface area contributed by atoms with Crippen LogP contribution >= 0.6 is 22.9 Å². The van der Waals surface area contributed by atoms with Gasteiger partial charge in [0.15, 0.2) is 0 Å². The van der Waals surface area contributed by atoms with Crippen molar-refractivity contribution in [2.45, 2.75) is 18.8 Å². The number of nitrogens with zero attached hydrogens (tertiary/aromatic N) is 3. The molecule has 2 aromatic rings. The number of rotatable bonds is 5. The van der Waals surface area contributed by atoms with Crippen LogP contribution < -0.4 is 20.1 Å². The molecule has 0 atom stereocenters. The normalized spacial score (nSPS) is 13.7. The number of urea groups is 1. The molecule has 1 heterocycles. The number of aromatic nitrogens is 2. The molecule has 1 aromatic heterocycles. The Morgan fingerprint density at radius 3 is 2.57 bits per heavy atom. The van der Waals surface area contributed by atoms with Gasteiger partial charge in [0.05, 0.1) is 24.9 Å². The zero-order valence-corrected chi connectivity index (χ0v) is 14.1. The molecule has 1 aliphatic rings. The lowest BCUT2D eigenvalue weighted by Crippen LogP contribution is -2.31. The predicted molar refractivity (Wildman–Crippen MR) is 88.2 cm³/mol. The Balaban J connectivity index is 2.06. The molecule has 0 spiro atoms. The Morgan fingerprint density at radius 1 is 1.30 bits per heavy atom. The van der Waals surface area contributed by atoms with Crippen molar-refractivity contribution < 1.29 is 14.3 Å². The molecule has 1 fully saturated rings. The maximum atomic E-state index is 12.0. The number of nitrogens with two attached hydrogens (primary N) is 1. The fraction of sp³-hybridized carbons (Fsp3) is 0.357. The van der Waals surface area contributed by atoms with Gasteiger partial charge in [-0.25, -0.2) is 9.69 Å². The summed E-state index contributed by atoms with van der Waals surface area (Å²) in [6.07, 6.45) is 2.20. The van der Waals surface area contributed by atoms with E-state index in [0.29, 0.717) is 33.3 Å². The highest BCUT2D eigenvalue weighted by atomic mass is 35.5. The molecule has 0 unspecified atom stereocenters. The molecular formula is C14H15ClN4O3S. The highest BCUT2D eigenvalue weighted by Crippen LogP contribution is 2.45. The number of benzene rings is 1. The minimum absolute atomic E-state index is 0.335. The number of hydrogen-bond donors (Lipinski definition) is 1. The van der Waals surface area contributed by atoms with Gasteiger partial charge in [-0.3, -0.25) is 0 Å². The van der Waals surface area contributed by atoms with Crippen molar-refractivity contribution >= 4 is 39.8 Å². The van der Waals surface area contributed by atoms with Gasteiger partial charge in [-0.15, -0.1) is 10.2 Å². The molecule has 2 amide bonds. The lowest BCUT2D eigenvalue weighted by molar-refractivity contribution is 0.256. The highest BCUT2D eigenvalue weighted by Gasteiger charge is 2.30. The van der Waals surface area contributed by atoms with E-state index >= 15 is 0 Å². The van der Waals surface area contributed by atoms with Crippen LogP contribution in [-0.4, -0.2) is 30.4 Å². The summed E-state index contributed by atoms with van der Waals surface area (Å²) in [4.78, 5) is 13.2. The molecule has 0 saturated heterocycles. The largest absolute Gasteiger partial charge is 0.495 e. The molecule has 3 rings (SSSR count). The molecule has 1 aromatic carbocycles. The van der Waals surface area contributed by atoms with Crippen LogP contribution in [0.4, 0.5) is 15.6 Å². The first-order valence-corrected chi connectivity index (χ1v) is 8.09. The van der Waals surface area contributed by atoms with Crippen molar-refractivity contribution in [1.29, 1.82) is 0 Å². The Morgan fingerprint density at radius 2 is 2.00 bits per heavy atom. The van der Waals surface area contributed by atoms with Gasteiger partial charge in [0.25, 0.3) is 0 Å². The lowest BCUT2D eigenvalue weighted by Gasteiger charge is -2.20. The summed E-state index contributed by atoms with van der Waals surface area (Å²) in [6, 6.07) is 2.46. The summed E-state index contributed by atoms with van der Waals surface area (Å²) in [6.45, 7) is 0. The first kappa shape index (κ1) is 15.8. The van der Waals surface area contributed by atoms with Gasteiger partial charge < -0.3 is 15.2 Å². The van der Waals surface area contributed by atoms with Gasteiger partial charge in [-0.05, 0) is 18.9 Å². The van der Waals surface area contributed by atoms with Gasteiger partial charge in [0.1, 0.15) is 16.5 Å². The number of methoxy groups -OCH3 is 2. The smallest absolute Gasteiger partial charge is 0.325 e. The van der Waals surface area contributed by atoms with Crippen LogP contribution in [0.2, 0.25) is 5.02 Å². The second-order valence-corrected chi connectivity index (χ2v) is 6.42. The van der Waals surface area contributed by atoms with E-state index in [0.717, 1.165) is 17.8 Å². The van der Waals surface area contributed by atoms with Crippen molar-refractivity contribution in [2.75, 3.05) is 19.1 Å². The van der Waals surface area contributed by atoms with Crippen molar-refractivity contribution in [3.05, 3.63) is 22.2 Å².